The summed E-state index contributed by atoms with van der Waals surface area (Å²) in [5.41, 5.74) is -0.250. The minimum atomic E-state index is -1.23. The molecule has 0 unspecified atom stereocenters. The Morgan fingerprint density at radius 1 is 1.56 bits per heavy atom. The molecule has 0 radical (unpaired) electrons. The van der Waals surface area contributed by atoms with E-state index in [0.717, 1.165) is 24.3 Å². The molecular weight excluding hydrogens is 217 g/mol. The number of nitrogens with zero attached hydrogens (tertiary/aromatic N) is 1. The minimum absolute atomic E-state index is 0.0865. The Bertz CT molecular complexity index is 482. The summed E-state index contributed by atoms with van der Waals surface area (Å²) >= 11 is 0. The molecule has 1 rings (SSSR count). The van der Waals surface area contributed by atoms with Crippen LogP contribution in [0.1, 0.15) is 12.5 Å². The van der Waals surface area contributed by atoms with E-state index in [4.69, 9.17) is 5.11 Å². The number of nitro groups is 1. The molecule has 0 saturated carbocycles. The van der Waals surface area contributed by atoms with Gasteiger partial charge in [0.15, 0.2) is 0 Å². The van der Waals surface area contributed by atoms with Crippen LogP contribution in [-0.2, 0) is 4.79 Å². The first-order valence-electron chi connectivity index (χ1n) is 4.27. The van der Waals surface area contributed by atoms with E-state index in [1.165, 1.54) is 6.92 Å². The lowest BCUT2D eigenvalue weighted by atomic mass is 10.1. The van der Waals surface area contributed by atoms with E-state index in [9.17, 15) is 19.3 Å². The molecule has 6 heteroatoms. The highest BCUT2D eigenvalue weighted by atomic mass is 19.1. The van der Waals surface area contributed by atoms with E-state index in [1.54, 1.807) is 0 Å². The number of carboxylic acids is 1. The molecule has 0 fully saturated rings. The van der Waals surface area contributed by atoms with Gasteiger partial charge in [-0.05, 0) is 18.6 Å². The Morgan fingerprint density at radius 3 is 2.69 bits per heavy atom. The van der Waals surface area contributed by atoms with Crippen molar-refractivity contribution in [3.05, 3.63) is 45.8 Å². The predicted octanol–water partition coefficient (Wildman–Crippen LogP) is 2.22. The molecule has 0 spiro atoms. The molecule has 0 saturated heterocycles. The third kappa shape index (κ3) is 2.63. The number of nitro benzene ring substituents is 1. The van der Waals surface area contributed by atoms with Crippen LogP contribution in [0.25, 0.3) is 5.57 Å². The van der Waals surface area contributed by atoms with Gasteiger partial charge in [0.2, 0.25) is 0 Å². The van der Waals surface area contributed by atoms with Gasteiger partial charge in [-0.3, -0.25) is 10.1 Å². The van der Waals surface area contributed by atoms with E-state index in [1.807, 2.05) is 0 Å². The molecular formula is C10H8FNO4. The van der Waals surface area contributed by atoms with Gasteiger partial charge in [0.1, 0.15) is 5.82 Å². The van der Waals surface area contributed by atoms with Gasteiger partial charge in [0, 0.05) is 23.8 Å². The number of hydrogen-bond acceptors (Lipinski definition) is 3. The summed E-state index contributed by atoms with van der Waals surface area (Å²) in [5.74, 6) is -1.93. The second kappa shape index (κ2) is 4.52. The van der Waals surface area contributed by atoms with E-state index < -0.39 is 16.7 Å². The zero-order valence-corrected chi connectivity index (χ0v) is 8.31. The summed E-state index contributed by atoms with van der Waals surface area (Å²) < 4.78 is 13.3. The van der Waals surface area contributed by atoms with Crippen molar-refractivity contribution in [2.24, 2.45) is 0 Å². The van der Waals surface area contributed by atoms with Crippen LogP contribution in [0.5, 0.6) is 0 Å². The molecule has 5 nitrogen and oxygen atoms in total. The second-order valence-electron chi connectivity index (χ2n) is 3.09. The van der Waals surface area contributed by atoms with Crippen LogP contribution in [0.3, 0.4) is 0 Å². The molecule has 16 heavy (non-hydrogen) atoms. The van der Waals surface area contributed by atoms with Crippen molar-refractivity contribution in [2.45, 2.75) is 6.92 Å². The summed E-state index contributed by atoms with van der Waals surface area (Å²) in [6.07, 6.45) is 0.794. The Kier molecular flexibility index (Phi) is 3.34. The molecule has 1 aromatic rings. The fourth-order valence-corrected chi connectivity index (χ4v) is 1.19. The smallest absolute Gasteiger partial charge is 0.328 e. The lowest BCUT2D eigenvalue weighted by Crippen LogP contribution is -1.95. The average Bonchev–Trinajstić information content (AvgIpc) is 2.16. The average molecular weight is 225 g/mol. The molecule has 0 aliphatic carbocycles. The summed E-state index contributed by atoms with van der Waals surface area (Å²) in [7, 11) is 0. The first-order chi connectivity index (χ1) is 7.41. The molecule has 0 aromatic heterocycles. The molecule has 1 N–H and O–H groups in total. The van der Waals surface area contributed by atoms with Crippen LogP contribution < -0.4 is 0 Å². The largest absolute Gasteiger partial charge is 0.478 e. The highest BCUT2D eigenvalue weighted by Crippen LogP contribution is 2.23. The van der Waals surface area contributed by atoms with Gasteiger partial charge in [-0.2, -0.15) is 0 Å². The lowest BCUT2D eigenvalue weighted by molar-refractivity contribution is -0.384. The van der Waals surface area contributed by atoms with Crippen molar-refractivity contribution < 1.29 is 19.2 Å². The highest BCUT2D eigenvalue weighted by Gasteiger charge is 2.12. The number of rotatable bonds is 3. The van der Waals surface area contributed by atoms with Crippen LogP contribution in [0.15, 0.2) is 24.3 Å². The number of allylic oxidation sites excluding steroid dienone is 1. The lowest BCUT2D eigenvalue weighted by Gasteiger charge is -2.02. The molecule has 0 amide bonds. The number of carbonyl (C=O) groups is 1. The molecule has 0 atom stereocenters. The van der Waals surface area contributed by atoms with Crippen molar-refractivity contribution in [1.29, 1.82) is 0 Å². The SMILES string of the molecule is C/C(=C\C(=O)O)c1cc([N+](=O)[O-])ccc1F. The summed E-state index contributed by atoms with van der Waals surface area (Å²) in [6, 6.07) is 2.96. The van der Waals surface area contributed by atoms with Crippen LogP contribution in [-0.4, -0.2) is 16.0 Å². The maximum Gasteiger partial charge on any atom is 0.328 e. The Hall–Kier alpha value is -2.24. The predicted molar refractivity (Wildman–Crippen MR) is 54.3 cm³/mol. The topological polar surface area (TPSA) is 80.4 Å². The normalized spacial score (nSPS) is 11.2. The van der Waals surface area contributed by atoms with Crippen LogP contribution >= 0.6 is 0 Å². The third-order valence-corrected chi connectivity index (χ3v) is 1.93. The molecule has 0 heterocycles. The summed E-state index contributed by atoms with van der Waals surface area (Å²) in [4.78, 5) is 20.2. The number of benzene rings is 1. The zero-order chi connectivity index (χ0) is 12.3. The summed E-state index contributed by atoms with van der Waals surface area (Å²) in [6.45, 7) is 1.37. The van der Waals surface area contributed by atoms with Crippen LogP contribution in [0, 0.1) is 15.9 Å². The second-order valence-corrected chi connectivity index (χ2v) is 3.09. The standard InChI is InChI=1S/C10H8FNO4/c1-6(4-10(13)14)8-5-7(12(15)16)2-3-9(8)11/h2-5H,1H3,(H,13,14)/b6-4+. The summed E-state index contributed by atoms with van der Waals surface area (Å²) in [5, 5.41) is 18.9. The fourth-order valence-electron chi connectivity index (χ4n) is 1.19. The zero-order valence-electron chi connectivity index (χ0n) is 8.31. The van der Waals surface area contributed by atoms with Crippen molar-refractivity contribution in [2.75, 3.05) is 0 Å². The molecule has 0 aliphatic heterocycles. The van der Waals surface area contributed by atoms with Gasteiger partial charge in [-0.1, -0.05) is 0 Å². The molecule has 1 aromatic carbocycles. The van der Waals surface area contributed by atoms with Crippen molar-refractivity contribution in [1.82, 2.24) is 0 Å². The van der Waals surface area contributed by atoms with Crippen molar-refractivity contribution in [3.63, 3.8) is 0 Å². The van der Waals surface area contributed by atoms with E-state index in [0.29, 0.717) is 0 Å². The van der Waals surface area contributed by atoms with Gasteiger partial charge in [-0.25, -0.2) is 9.18 Å². The number of halogens is 1. The van der Waals surface area contributed by atoms with Gasteiger partial charge in [0.05, 0.1) is 4.92 Å². The van der Waals surface area contributed by atoms with Gasteiger partial charge >= 0.3 is 5.97 Å². The first kappa shape index (κ1) is 11.8. The van der Waals surface area contributed by atoms with Crippen molar-refractivity contribution in [3.8, 4) is 0 Å². The monoisotopic (exact) mass is 225 g/mol. The van der Waals surface area contributed by atoms with E-state index in [-0.39, 0.29) is 16.8 Å². The maximum absolute atomic E-state index is 13.3. The number of carboxylic acid groups (broad SMARTS) is 1. The van der Waals surface area contributed by atoms with Crippen LogP contribution in [0.2, 0.25) is 0 Å². The Morgan fingerprint density at radius 2 is 2.19 bits per heavy atom. The van der Waals surface area contributed by atoms with Crippen LogP contribution in [0.4, 0.5) is 10.1 Å². The number of non-ortho nitro benzene ring substituents is 1. The van der Waals surface area contributed by atoms with Gasteiger partial charge < -0.3 is 5.11 Å². The maximum atomic E-state index is 13.3. The third-order valence-electron chi connectivity index (χ3n) is 1.93. The first-order valence-corrected chi connectivity index (χ1v) is 4.27. The Balaban J connectivity index is 3.27. The van der Waals surface area contributed by atoms with E-state index >= 15 is 0 Å². The van der Waals surface area contributed by atoms with Crippen molar-refractivity contribution >= 4 is 17.2 Å². The number of aliphatic carboxylic acids is 1. The van der Waals surface area contributed by atoms with Gasteiger partial charge in [-0.15, -0.1) is 0 Å². The Labute approximate surface area is 90.0 Å². The van der Waals surface area contributed by atoms with Gasteiger partial charge in [0.25, 0.3) is 5.69 Å². The number of hydrogen-bond donors (Lipinski definition) is 1. The quantitative estimate of drug-likeness (QED) is 0.485. The molecule has 0 aliphatic rings. The highest BCUT2D eigenvalue weighted by molar-refractivity contribution is 5.89. The molecule has 84 valence electrons. The fraction of sp³-hybridized carbons (Fsp3) is 0.100. The molecule has 0 bridgehead atoms. The van der Waals surface area contributed by atoms with E-state index in [2.05, 4.69) is 0 Å². The minimum Gasteiger partial charge on any atom is -0.478 e.